The van der Waals surface area contributed by atoms with E-state index in [2.05, 4.69) is 0 Å². The van der Waals surface area contributed by atoms with Crippen molar-refractivity contribution in [3.05, 3.63) is 90.0 Å². The number of ether oxygens (including phenoxy) is 1. The van der Waals surface area contributed by atoms with Crippen molar-refractivity contribution in [3.8, 4) is 39.7 Å². The van der Waals surface area contributed by atoms with Gasteiger partial charge in [-0.2, -0.15) is 0 Å². The van der Waals surface area contributed by atoms with E-state index in [9.17, 15) is 0 Å². The lowest BCUT2D eigenvalue weighted by Gasteiger charge is -2.10. The molecular weight excluding hydrogens is 356 g/mol. The second-order valence-corrected chi connectivity index (χ2v) is 6.50. The molecule has 0 atom stereocenters. The van der Waals surface area contributed by atoms with Crippen LogP contribution in [-0.2, 0) is 0 Å². The third kappa shape index (κ3) is 3.83. The predicted molar refractivity (Wildman–Crippen MR) is 110 cm³/mol. The molecule has 0 aliphatic carbocycles. The van der Waals surface area contributed by atoms with Gasteiger partial charge in [0.15, 0.2) is 5.82 Å². The summed E-state index contributed by atoms with van der Waals surface area (Å²) in [6, 6.07) is 27.5. The molecule has 0 radical (unpaired) electrons. The fraction of sp³-hybridized carbons (Fsp3) is 0.0435. The minimum Gasteiger partial charge on any atom is -0.497 e. The summed E-state index contributed by atoms with van der Waals surface area (Å²) in [7, 11) is 1.66. The summed E-state index contributed by atoms with van der Waals surface area (Å²) in [5.74, 6) is 1.48. The normalized spacial score (nSPS) is 10.6. The van der Waals surface area contributed by atoms with E-state index < -0.39 is 0 Å². The van der Waals surface area contributed by atoms with Gasteiger partial charge in [-0.25, -0.2) is 9.97 Å². The van der Waals surface area contributed by atoms with Gasteiger partial charge >= 0.3 is 0 Å². The molecule has 4 heteroatoms. The molecule has 0 amide bonds. The maximum absolute atomic E-state index is 6.03. The van der Waals surface area contributed by atoms with Crippen LogP contribution in [0.25, 0.3) is 33.9 Å². The Kier molecular flexibility index (Phi) is 4.86. The predicted octanol–water partition coefficient (Wildman–Crippen LogP) is 6.14. The highest BCUT2D eigenvalue weighted by Crippen LogP contribution is 2.28. The van der Waals surface area contributed by atoms with Crippen molar-refractivity contribution in [3.63, 3.8) is 0 Å². The molecule has 0 aliphatic rings. The standard InChI is InChI=1S/C23H17ClN2O/c1-27-20-13-9-17(10-14-20)22-15-21(16-5-3-2-4-6-16)25-23(26-22)18-7-11-19(24)12-8-18/h2-15H,1H3. The average Bonchev–Trinajstić information content (AvgIpc) is 2.74. The fourth-order valence-electron chi connectivity index (χ4n) is 2.84. The minimum absolute atomic E-state index is 0.666. The summed E-state index contributed by atoms with van der Waals surface area (Å²) >= 11 is 6.03. The topological polar surface area (TPSA) is 35.0 Å². The number of hydrogen-bond donors (Lipinski definition) is 0. The highest BCUT2D eigenvalue weighted by molar-refractivity contribution is 6.30. The van der Waals surface area contributed by atoms with E-state index in [0.29, 0.717) is 10.8 Å². The van der Waals surface area contributed by atoms with Gasteiger partial charge in [-0.05, 0) is 54.6 Å². The number of nitrogens with zero attached hydrogens (tertiary/aromatic N) is 2. The zero-order chi connectivity index (χ0) is 18.6. The lowest BCUT2D eigenvalue weighted by Crippen LogP contribution is -1.96. The molecule has 0 unspecified atom stereocenters. The molecule has 0 aliphatic heterocycles. The first-order valence-electron chi connectivity index (χ1n) is 8.58. The molecule has 3 nitrogen and oxygen atoms in total. The van der Waals surface area contributed by atoms with Gasteiger partial charge in [0.05, 0.1) is 18.5 Å². The smallest absolute Gasteiger partial charge is 0.160 e. The van der Waals surface area contributed by atoms with Gasteiger partial charge in [0, 0.05) is 21.7 Å². The largest absolute Gasteiger partial charge is 0.497 e. The molecule has 1 aromatic heterocycles. The Morgan fingerprint density at radius 3 is 1.81 bits per heavy atom. The number of halogens is 1. The number of rotatable bonds is 4. The lowest BCUT2D eigenvalue weighted by molar-refractivity contribution is 0.415. The third-order valence-corrected chi connectivity index (χ3v) is 4.54. The van der Waals surface area contributed by atoms with Crippen LogP contribution >= 0.6 is 11.6 Å². The van der Waals surface area contributed by atoms with Crippen LogP contribution in [0.15, 0.2) is 84.9 Å². The fourth-order valence-corrected chi connectivity index (χ4v) is 2.97. The van der Waals surface area contributed by atoms with Crippen LogP contribution in [-0.4, -0.2) is 17.1 Å². The van der Waals surface area contributed by atoms with Gasteiger partial charge in [0.1, 0.15) is 5.75 Å². The molecule has 0 fully saturated rings. The Hall–Kier alpha value is -3.17. The molecule has 0 bridgehead atoms. The van der Waals surface area contributed by atoms with Gasteiger partial charge in [-0.3, -0.25) is 0 Å². The molecule has 1 heterocycles. The summed E-state index contributed by atoms with van der Waals surface area (Å²) in [6.45, 7) is 0. The second kappa shape index (κ2) is 7.60. The Balaban J connectivity index is 1.87. The third-order valence-electron chi connectivity index (χ3n) is 4.28. The summed E-state index contributed by atoms with van der Waals surface area (Å²) in [4.78, 5) is 9.57. The van der Waals surface area contributed by atoms with Crippen molar-refractivity contribution in [2.24, 2.45) is 0 Å². The summed E-state index contributed by atoms with van der Waals surface area (Å²) in [6.07, 6.45) is 0. The van der Waals surface area contributed by atoms with Gasteiger partial charge in [0.2, 0.25) is 0 Å². The first kappa shape index (κ1) is 17.3. The van der Waals surface area contributed by atoms with E-state index in [1.807, 2.05) is 84.9 Å². The molecule has 0 spiro atoms. The van der Waals surface area contributed by atoms with Crippen LogP contribution in [0.5, 0.6) is 5.75 Å². The van der Waals surface area contributed by atoms with Crippen molar-refractivity contribution in [2.75, 3.05) is 7.11 Å². The number of aromatic nitrogens is 2. The zero-order valence-corrected chi connectivity index (χ0v) is 15.5. The number of methoxy groups -OCH3 is 1. The average molecular weight is 373 g/mol. The lowest BCUT2D eigenvalue weighted by atomic mass is 10.1. The SMILES string of the molecule is COc1ccc(-c2cc(-c3ccccc3)nc(-c3ccc(Cl)cc3)n2)cc1. The van der Waals surface area contributed by atoms with E-state index in [4.69, 9.17) is 26.3 Å². The molecular formula is C23H17ClN2O. The monoisotopic (exact) mass is 372 g/mol. The van der Waals surface area contributed by atoms with Crippen molar-refractivity contribution in [2.45, 2.75) is 0 Å². The van der Waals surface area contributed by atoms with E-state index >= 15 is 0 Å². The van der Waals surface area contributed by atoms with Crippen molar-refractivity contribution < 1.29 is 4.74 Å². The van der Waals surface area contributed by atoms with Crippen LogP contribution in [0.1, 0.15) is 0 Å². The van der Waals surface area contributed by atoms with Gasteiger partial charge in [-0.15, -0.1) is 0 Å². The van der Waals surface area contributed by atoms with Crippen molar-refractivity contribution in [1.82, 2.24) is 9.97 Å². The maximum atomic E-state index is 6.03. The minimum atomic E-state index is 0.666. The van der Waals surface area contributed by atoms with E-state index in [1.54, 1.807) is 7.11 Å². The van der Waals surface area contributed by atoms with E-state index in [1.165, 1.54) is 0 Å². The number of benzene rings is 3. The van der Waals surface area contributed by atoms with Crippen molar-refractivity contribution >= 4 is 11.6 Å². The Bertz CT molecular complexity index is 1050. The second-order valence-electron chi connectivity index (χ2n) is 6.06. The highest BCUT2D eigenvalue weighted by Gasteiger charge is 2.10. The molecule has 27 heavy (non-hydrogen) atoms. The molecule has 4 aromatic rings. The maximum Gasteiger partial charge on any atom is 0.160 e. The first-order chi connectivity index (χ1) is 13.2. The van der Waals surface area contributed by atoms with Gasteiger partial charge < -0.3 is 4.74 Å². The Morgan fingerprint density at radius 2 is 1.22 bits per heavy atom. The summed E-state index contributed by atoms with van der Waals surface area (Å²) < 4.78 is 5.26. The Morgan fingerprint density at radius 1 is 0.667 bits per heavy atom. The molecule has 132 valence electrons. The Labute approximate surface area is 163 Å². The molecule has 0 N–H and O–H groups in total. The summed E-state index contributed by atoms with van der Waals surface area (Å²) in [5, 5.41) is 0.688. The van der Waals surface area contributed by atoms with E-state index in [0.717, 1.165) is 33.8 Å². The highest BCUT2D eigenvalue weighted by atomic mass is 35.5. The molecule has 0 saturated heterocycles. The van der Waals surface area contributed by atoms with Crippen LogP contribution < -0.4 is 4.74 Å². The van der Waals surface area contributed by atoms with Crippen LogP contribution in [0.4, 0.5) is 0 Å². The number of hydrogen-bond acceptors (Lipinski definition) is 3. The van der Waals surface area contributed by atoms with Gasteiger partial charge in [-0.1, -0.05) is 41.9 Å². The molecule has 3 aromatic carbocycles. The van der Waals surface area contributed by atoms with Crippen LogP contribution in [0, 0.1) is 0 Å². The first-order valence-corrected chi connectivity index (χ1v) is 8.95. The summed E-state index contributed by atoms with van der Waals surface area (Å²) in [5.41, 5.74) is 4.71. The quantitative estimate of drug-likeness (QED) is 0.431. The van der Waals surface area contributed by atoms with Crippen LogP contribution in [0.3, 0.4) is 0 Å². The molecule has 4 rings (SSSR count). The van der Waals surface area contributed by atoms with Gasteiger partial charge in [0.25, 0.3) is 0 Å². The zero-order valence-electron chi connectivity index (χ0n) is 14.8. The van der Waals surface area contributed by atoms with Crippen LogP contribution in [0.2, 0.25) is 5.02 Å². The molecule has 0 saturated carbocycles. The van der Waals surface area contributed by atoms with E-state index in [-0.39, 0.29) is 0 Å². The van der Waals surface area contributed by atoms with Crippen molar-refractivity contribution in [1.29, 1.82) is 0 Å².